The van der Waals surface area contributed by atoms with E-state index in [2.05, 4.69) is 25.6 Å². The third-order valence-corrected chi connectivity index (χ3v) is 3.44. The molecule has 0 unspecified atom stereocenters. The molecular weight excluding hydrogens is 258 g/mol. The molecule has 2 rings (SSSR count). The van der Waals surface area contributed by atoms with Gasteiger partial charge in [-0.3, -0.25) is 0 Å². The van der Waals surface area contributed by atoms with E-state index in [1.807, 2.05) is 12.4 Å². The summed E-state index contributed by atoms with van der Waals surface area (Å²) in [5, 5.41) is 6.55. The second kappa shape index (κ2) is 5.29. The Morgan fingerprint density at radius 3 is 2.88 bits per heavy atom. The summed E-state index contributed by atoms with van der Waals surface area (Å²) in [5.41, 5.74) is 2.86. The fourth-order valence-corrected chi connectivity index (χ4v) is 2.15. The van der Waals surface area contributed by atoms with Gasteiger partial charge in [-0.25, -0.2) is 9.97 Å². The van der Waals surface area contributed by atoms with E-state index in [-0.39, 0.29) is 0 Å². The van der Waals surface area contributed by atoms with Crippen LogP contribution in [-0.2, 0) is 6.54 Å². The molecule has 0 amide bonds. The lowest BCUT2D eigenvalue weighted by Crippen LogP contribution is -2.05. The molecule has 17 heavy (non-hydrogen) atoms. The number of halogens is 1. The number of rotatable bonds is 4. The predicted octanol–water partition coefficient (Wildman–Crippen LogP) is 2.55. The standard InChI is InChI=1S/C10H12ClN5S/c1-6-8(17-5-15-6)4-13-9-7(11)3-14-10(12-2)16-9/h3,5H,4H2,1-2H3,(H2,12,13,14,16). The summed E-state index contributed by atoms with van der Waals surface area (Å²) >= 11 is 7.61. The van der Waals surface area contributed by atoms with Gasteiger partial charge in [-0.1, -0.05) is 11.6 Å². The number of hydrogen-bond acceptors (Lipinski definition) is 6. The second-order valence-corrected chi connectivity index (χ2v) is 4.70. The first-order valence-electron chi connectivity index (χ1n) is 5.04. The molecule has 0 radical (unpaired) electrons. The molecule has 0 bridgehead atoms. The SMILES string of the molecule is CNc1ncc(Cl)c(NCc2scnc2C)n1. The van der Waals surface area contributed by atoms with Gasteiger partial charge in [0.25, 0.3) is 0 Å². The van der Waals surface area contributed by atoms with Gasteiger partial charge in [0.1, 0.15) is 5.02 Å². The lowest BCUT2D eigenvalue weighted by atomic mass is 10.4. The van der Waals surface area contributed by atoms with Gasteiger partial charge in [-0.15, -0.1) is 11.3 Å². The highest BCUT2D eigenvalue weighted by molar-refractivity contribution is 7.09. The molecule has 0 saturated carbocycles. The van der Waals surface area contributed by atoms with Crippen LogP contribution < -0.4 is 10.6 Å². The van der Waals surface area contributed by atoms with Crippen molar-refractivity contribution in [1.82, 2.24) is 15.0 Å². The number of nitrogens with zero attached hydrogens (tertiary/aromatic N) is 3. The number of nitrogens with one attached hydrogen (secondary N) is 2. The molecule has 7 heteroatoms. The Labute approximate surface area is 108 Å². The molecule has 2 aromatic heterocycles. The Bertz CT molecular complexity index is 513. The number of aromatic nitrogens is 3. The molecule has 90 valence electrons. The van der Waals surface area contributed by atoms with E-state index >= 15 is 0 Å². The van der Waals surface area contributed by atoms with E-state index in [1.54, 1.807) is 24.6 Å². The Hall–Kier alpha value is -1.40. The van der Waals surface area contributed by atoms with Crippen molar-refractivity contribution >= 4 is 34.7 Å². The third kappa shape index (κ3) is 2.83. The lowest BCUT2D eigenvalue weighted by Gasteiger charge is -2.07. The quantitative estimate of drug-likeness (QED) is 0.893. The van der Waals surface area contributed by atoms with Crippen LogP contribution in [0.5, 0.6) is 0 Å². The van der Waals surface area contributed by atoms with Crippen molar-refractivity contribution in [2.24, 2.45) is 0 Å². The molecule has 2 heterocycles. The third-order valence-electron chi connectivity index (χ3n) is 2.23. The number of aryl methyl sites for hydroxylation is 1. The first kappa shape index (κ1) is 12.1. The molecule has 0 aliphatic carbocycles. The van der Waals surface area contributed by atoms with Crippen molar-refractivity contribution in [2.75, 3.05) is 17.7 Å². The Kier molecular flexibility index (Phi) is 3.75. The van der Waals surface area contributed by atoms with E-state index in [0.29, 0.717) is 23.3 Å². The molecule has 0 atom stereocenters. The number of anilines is 2. The first-order chi connectivity index (χ1) is 8.20. The van der Waals surface area contributed by atoms with E-state index in [9.17, 15) is 0 Å². The fourth-order valence-electron chi connectivity index (χ4n) is 1.27. The minimum absolute atomic E-state index is 0.506. The molecule has 0 aliphatic rings. The van der Waals surface area contributed by atoms with Gasteiger partial charge in [0.05, 0.1) is 23.9 Å². The van der Waals surface area contributed by atoms with Crippen LogP contribution in [0.3, 0.4) is 0 Å². The fraction of sp³-hybridized carbons (Fsp3) is 0.300. The van der Waals surface area contributed by atoms with Crippen LogP contribution in [0.2, 0.25) is 5.02 Å². The van der Waals surface area contributed by atoms with Gasteiger partial charge >= 0.3 is 0 Å². The lowest BCUT2D eigenvalue weighted by molar-refractivity contribution is 1.07. The zero-order valence-corrected chi connectivity index (χ0v) is 11.1. The molecule has 2 aromatic rings. The van der Waals surface area contributed by atoms with Crippen LogP contribution >= 0.6 is 22.9 Å². The Balaban J connectivity index is 2.11. The summed E-state index contributed by atoms with van der Waals surface area (Å²) < 4.78 is 0. The van der Waals surface area contributed by atoms with Crippen LogP contribution in [0.15, 0.2) is 11.7 Å². The van der Waals surface area contributed by atoms with Crippen molar-refractivity contribution < 1.29 is 0 Å². The van der Waals surface area contributed by atoms with E-state index in [0.717, 1.165) is 5.69 Å². The maximum Gasteiger partial charge on any atom is 0.224 e. The average Bonchev–Trinajstić information content (AvgIpc) is 2.74. The van der Waals surface area contributed by atoms with Crippen LogP contribution in [0.1, 0.15) is 10.6 Å². The van der Waals surface area contributed by atoms with Crippen molar-refractivity contribution in [2.45, 2.75) is 13.5 Å². The van der Waals surface area contributed by atoms with Crippen molar-refractivity contribution in [3.05, 3.63) is 27.3 Å². The summed E-state index contributed by atoms with van der Waals surface area (Å²) in [6, 6.07) is 0. The summed E-state index contributed by atoms with van der Waals surface area (Å²) in [6.07, 6.45) is 1.57. The summed E-state index contributed by atoms with van der Waals surface area (Å²) in [7, 11) is 1.76. The highest BCUT2D eigenvalue weighted by Gasteiger charge is 2.06. The van der Waals surface area contributed by atoms with Crippen molar-refractivity contribution in [3.8, 4) is 0 Å². The molecule has 0 aliphatic heterocycles. The van der Waals surface area contributed by atoms with Crippen molar-refractivity contribution in [3.63, 3.8) is 0 Å². The molecule has 0 aromatic carbocycles. The minimum atomic E-state index is 0.506. The zero-order chi connectivity index (χ0) is 12.3. The van der Waals surface area contributed by atoms with E-state index < -0.39 is 0 Å². The predicted molar refractivity (Wildman–Crippen MR) is 70.8 cm³/mol. The van der Waals surface area contributed by atoms with Gasteiger partial charge in [0.15, 0.2) is 5.82 Å². The smallest absolute Gasteiger partial charge is 0.224 e. The maximum atomic E-state index is 6.01. The Morgan fingerprint density at radius 1 is 1.41 bits per heavy atom. The molecule has 0 saturated heterocycles. The number of thiazole rings is 1. The van der Waals surface area contributed by atoms with E-state index in [1.165, 1.54) is 4.88 Å². The maximum absolute atomic E-state index is 6.01. The highest BCUT2D eigenvalue weighted by atomic mass is 35.5. The molecular formula is C10H12ClN5S. The van der Waals surface area contributed by atoms with Gasteiger partial charge < -0.3 is 10.6 Å². The van der Waals surface area contributed by atoms with Gasteiger partial charge in [0.2, 0.25) is 5.95 Å². The number of hydrogen-bond donors (Lipinski definition) is 2. The van der Waals surface area contributed by atoms with Crippen LogP contribution in [0, 0.1) is 6.92 Å². The molecule has 0 spiro atoms. The molecule has 5 nitrogen and oxygen atoms in total. The zero-order valence-electron chi connectivity index (χ0n) is 9.49. The van der Waals surface area contributed by atoms with Gasteiger partial charge in [-0.2, -0.15) is 4.98 Å². The largest absolute Gasteiger partial charge is 0.364 e. The average molecular weight is 270 g/mol. The second-order valence-electron chi connectivity index (χ2n) is 3.35. The minimum Gasteiger partial charge on any atom is -0.364 e. The van der Waals surface area contributed by atoms with E-state index in [4.69, 9.17) is 11.6 Å². The van der Waals surface area contributed by atoms with Crippen LogP contribution in [0.4, 0.5) is 11.8 Å². The van der Waals surface area contributed by atoms with Gasteiger partial charge in [0, 0.05) is 11.9 Å². The monoisotopic (exact) mass is 269 g/mol. The normalized spacial score (nSPS) is 10.3. The summed E-state index contributed by atoms with van der Waals surface area (Å²) in [6.45, 7) is 2.64. The summed E-state index contributed by atoms with van der Waals surface area (Å²) in [5.74, 6) is 1.16. The first-order valence-corrected chi connectivity index (χ1v) is 6.29. The summed E-state index contributed by atoms with van der Waals surface area (Å²) in [4.78, 5) is 13.6. The highest BCUT2D eigenvalue weighted by Crippen LogP contribution is 2.21. The van der Waals surface area contributed by atoms with Crippen LogP contribution in [-0.4, -0.2) is 22.0 Å². The topological polar surface area (TPSA) is 62.7 Å². The molecule has 2 N–H and O–H groups in total. The van der Waals surface area contributed by atoms with Crippen molar-refractivity contribution in [1.29, 1.82) is 0 Å². The van der Waals surface area contributed by atoms with Crippen LogP contribution in [0.25, 0.3) is 0 Å². The molecule has 0 fully saturated rings. The van der Waals surface area contributed by atoms with Gasteiger partial charge in [-0.05, 0) is 6.92 Å². The Morgan fingerprint density at radius 2 is 2.24 bits per heavy atom.